The molecule has 0 saturated carbocycles. The molecule has 0 spiro atoms. The molecule has 2 atom stereocenters. The number of carbonyl (C=O) groups excluding carboxylic acids is 1. The van der Waals surface area contributed by atoms with Crippen molar-refractivity contribution < 1.29 is 19.4 Å². The predicted octanol–water partition coefficient (Wildman–Crippen LogP) is 2.89. The molecule has 0 radical (unpaired) electrons. The summed E-state index contributed by atoms with van der Waals surface area (Å²) in [7, 11) is 0. The molecule has 0 unspecified atom stereocenters. The van der Waals surface area contributed by atoms with Gasteiger partial charge >= 0.3 is 6.09 Å². The van der Waals surface area contributed by atoms with E-state index in [1.165, 1.54) is 0 Å². The van der Waals surface area contributed by atoms with Gasteiger partial charge in [-0.2, -0.15) is 0 Å². The number of aliphatic hydroxyl groups excluding tert-OH is 1. The molecule has 1 N–H and O–H groups in total. The SMILES string of the molecule is CC(C)(C)OC(=O)N1CCN2C[C@H](COc3cccc(CO)c3)CC[C@H]2C1. The maximum Gasteiger partial charge on any atom is 0.410 e. The smallest absolute Gasteiger partial charge is 0.410 e. The number of carbonyl (C=O) groups is 1. The first-order valence-corrected chi connectivity index (χ1v) is 9.88. The largest absolute Gasteiger partial charge is 0.493 e. The number of hydrogen-bond donors (Lipinski definition) is 1. The molecule has 3 rings (SSSR count). The van der Waals surface area contributed by atoms with Gasteiger partial charge in [0, 0.05) is 38.1 Å². The second kappa shape index (κ2) is 8.48. The average Bonchev–Trinajstić information content (AvgIpc) is 2.64. The van der Waals surface area contributed by atoms with Gasteiger partial charge in [0.2, 0.25) is 0 Å². The number of amides is 1. The lowest BCUT2D eigenvalue weighted by molar-refractivity contribution is -0.0122. The van der Waals surface area contributed by atoms with Gasteiger partial charge in [-0.25, -0.2) is 4.79 Å². The van der Waals surface area contributed by atoms with E-state index in [4.69, 9.17) is 9.47 Å². The predicted molar refractivity (Wildman–Crippen MR) is 104 cm³/mol. The Kier molecular flexibility index (Phi) is 6.27. The van der Waals surface area contributed by atoms with Crippen LogP contribution in [0.5, 0.6) is 5.75 Å². The monoisotopic (exact) mass is 376 g/mol. The second-order valence-corrected chi connectivity index (χ2v) is 8.64. The van der Waals surface area contributed by atoms with Crippen molar-refractivity contribution in [1.29, 1.82) is 0 Å². The van der Waals surface area contributed by atoms with Crippen LogP contribution in [0.15, 0.2) is 24.3 Å². The topological polar surface area (TPSA) is 62.2 Å². The Morgan fingerprint density at radius 1 is 1.22 bits per heavy atom. The standard InChI is InChI=1S/C21H32N2O4/c1-21(2,3)27-20(25)23-10-9-22-12-17(7-8-18(22)13-23)15-26-19-6-4-5-16(11-19)14-24/h4-6,11,17-18,24H,7-10,12-15H2,1-3H3/t17-,18+/m1/s1. The summed E-state index contributed by atoms with van der Waals surface area (Å²) < 4.78 is 11.5. The number of ether oxygens (including phenoxy) is 2. The van der Waals surface area contributed by atoms with Crippen LogP contribution in [-0.4, -0.2) is 65.4 Å². The van der Waals surface area contributed by atoms with E-state index in [0.29, 0.717) is 18.6 Å². The Bertz CT molecular complexity index is 643. The normalized spacial score (nSPS) is 23.6. The third kappa shape index (κ3) is 5.59. The molecule has 2 fully saturated rings. The fourth-order valence-electron chi connectivity index (χ4n) is 3.83. The number of fused-ring (bicyclic) bond motifs is 1. The first-order chi connectivity index (χ1) is 12.8. The van der Waals surface area contributed by atoms with Crippen molar-refractivity contribution >= 4 is 6.09 Å². The minimum absolute atomic E-state index is 0.0320. The summed E-state index contributed by atoms with van der Waals surface area (Å²) in [5.41, 5.74) is 0.422. The van der Waals surface area contributed by atoms with Crippen molar-refractivity contribution in [3.8, 4) is 5.75 Å². The molecule has 1 aromatic carbocycles. The first kappa shape index (κ1) is 20.0. The molecule has 2 heterocycles. The lowest BCUT2D eigenvalue weighted by atomic mass is 9.91. The van der Waals surface area contributed by atoms with Crippen molar-refractivity contribution in [1.82, 2.24) is 9.80 Å². The van der Waals surface area contributed by atoms with Gasteiger partial charge in [0.05, 0.1) is 13.2 Å². The van der Waals surface area contributed by atoms with E-state index in [-0.39, 0.29) is 12.7 Å². The molecule has 0 aromatic heterocycles. The maximum atomic E-state index is 12.3. The molecule has 150 valence electrons. The van der Waals surface area contributed by atoms with E-state index < -0.39 is 5.60 Å². The van der Waals surface area contributed by atoms with Crippen LogP contribution in [0, 0.1) is 5.92 Å². The Morgan fingerprint density at radius 2 is 2.04 bits per heavy atom. The summed E-state index contributed by atoms with van der Waals surface area (Å²) in [6.45, 7) is 9.80. The van der Waals surface area contributed by atoms with Crippen molar-refractivity contribution in [2.75, 3.05) is 32.8 Å². The molecule has 6 heteroatoms. The number of rotatable bonds is 4. The Labute approximate surface area is 162 Å². The summed E-state index contributed by atoms with van der Waals surface area (Å²) in [5.74, 6) is 1.31. The lowest BCUT2D eigenvalue weighted by Gasteiger charge is -2.46. The molecule has 2 aliphatic heterocycles. The second-order valence-electron chi connectivity index (χ2n) is 8.64. The van der Waals surface area contributed by atoms with Crippen LogP contribution in [0.4, 0.5) is 4.79 Å². The van der Waals surface area contributed by atoms with Crippen molar-refractivity contribution in [3.05, 3.63) is 29.8 Å². The summed E-state index contributed by atoms with van der Waals surface area (Å²) >= 11 is 0. The van der Waals surface area contributed by atoms with Gasteiger partial charge in [0.1, 0.15) is 11.4 Å². The molecule has 1 aromatic rings. The Morgan fingerprint density at radius 3 is 2.78 bits per heavy atom. The molecule has 27 heavy (non-hydrogen) atoms. The van der Waals surface area contributed by atoms with E-state index in [1.54, 1.807) is 0 Å². The minimum Gasteiger partial charge on any atom is -0.493 e. The first-order valence-electron chi connectivity index (χ1n) is 9.88. The van der Waals surface area contributed by atoms with E-state index in [2.05, 4.69) is 4.90 Å². The van der Waals surface area contributed by atoms with E-state index >= 15 is 0 Å². The van der Waals surface area contributed by atoms with E-state index in [0.717, 1.165) is 50.3 Å². The number of nitrogens with zero attached hydrogens (tertiary/aromatic N) is 2. The third-order valence-corrected chi connectivity index (χ3v) is 5.22. The molecule has 0 bridgehead atoms. The molecule has 1 amide bonds. The van der Waals surface area contributed by atoms with Crippen LogP contribution in [0.2, 0.25) is 0 Å². The van der Waals surface area contributed by atoms with Gasteiger partial charge < -0.3 is 19.5 Å². The third-order valence-electron chi connectivity index (χ3n) is 5.22. The maximum absolute atomic E-state index is 12.3. The molecule has 0 aliphatic carbocycles. The zero-order valence-corrected chi connectivity index (χ0v) is 16.7. The summed E-state index contributed by atoms with van der Waals surface area (Å²) in [4.78, 5) is 16.7. The van der Waals surface area contributed by atoms with Crippen molar-refractivity contribution in [2.24, 2.45) is 5.92 Å². The summed E-state index contributed by atoms with van der Waals surface area (Å²) in [6, 6.07) is 8.05. The van der Waals surface area contributed by atoms with Crippen LogP contribution < -0.4 is 4.74 Å². The number of piperazine rings is 1. The number of piperidine rings is 1. The lowest BCUT2D eigenvalue weighted by Crippen LogP contribution is -2.58. The van der Waals surface area contributed by atoms with Gasteiger partial charge in [-0.15, -0.1) is 0 Å². The van der Waals surface area contributed by atoms with Gasteiger partial charge in [0.25, 0.3) is 0 Å². The van der Waals surface area contributed by atoms with Crippen molar-refractivity contribution in [3.63, 3.8) is 0 Å². The number of hydrogen-bond acceptors (Lipinski definition) is 5. The zero-order valence-electron chi connectivity index (χ0n) is 16.7. The van der Waals surface area contributed by atoms with Crippen LogP contribution in [0.25, 0.3) is 0 Å². The van der Waals surface area contributed by atoms with Crippen LogP contribution in [0.3, 0.4) is 0 Å². The summed E-state index contributed by atoms with van der Waals surface area (Å²) in [6.07, 6.45) is 1.98. The fourth-order valence-corrected chi connectivity index (χ4v) is 3.83. The Hall–Kier alpha value is -1.79. The highest BCUT2D eigenvalue weighted by Gasteiger charge is 2.35. The average molecular weight is 376 g/mol. The van der Waals surface area contributed by atoms with Crippen LogP contribution >= 0.6 is 0 Å². The highest BCUT2D eigenvalue weighted by Crippen LogP contribution is 2.27. The van der Waals surface area contributed by atoms with E-state index in [1.807, 2.05) is 49.9 Å². The molecule has 2 saturated heterocycles. The van der Waals surface area contributed by atoms with Gasteiger partial charge in [-0.05, 0) is 51.3 Å². The quantitative estimate of drug-likeness (QED) is 0.875. The van der Waals surface area contributed by atoms with E-state index in [9.17, 15) is 9.90 Å². The van der Waals surface area contributed by atoms with Gasteiger partial charge in [0.15, 0.2) is 0 Å². The van der Waals surface area contributed by atoms with Gasteiger partial charge in [-0.3, -0.25) is 4.90 Å². The zero-order chi connectivity index (χ0) is 19.4. The van der Waals surface area contributed by atoms with Crippen molar-refractivity contribution in [2.45, 2.75) is 51.9 Å². The molecular formula is C21H32N2O4. The number of benzene rings is 1. The fraction of sp³-hybridized carbons (Fsp3) is 0.667. The highest BCUT2D eigenvalue weighted by atomic mass is 16.6. The highest BCUT2D eigenvalue weighted by molar-refractivity contribution is 5.68. The summed E-state index contributed by atoms with van der Waals surface area (Å²) in [5, 5.41) is 9.23. The Balaban J connectivity index is 1.47. The van der Waals surface area contributed by atoms with Crippen LogP contribution in [0.1, 0.15) is 39.2 Å². The minimum atomic E-state index is -0.448. The van der Waals surface area contributed by atoms with Gasteiger partial charge in [-0.1, -0.05) is 12.1 Å². The molecule has 6 nitrogen and oxygen atoms in total. The number of aliphatic hydroxyl groups is 1. The van der Waals surface area contributed by atoms with Crippen LogP contribution in [-0.2, 0) is 11.3 Å². The molecular weight excluding hydrogens is 344 g/mol. The molecule has 2 aliphatic rings.